The quantitative estimate of drug-likeness (QED) is 0.573. The van der Waals surface area contributed by atoms with Crippen molar-refractivity contribution in [1.29, 1.82) is 0 Å². The predicted molar refractivity (Wildman–Crippen MR) is 90.4 cm³/mol. The van der Waals surface area contributed by atoms with E-state index >= 15 is 0 Å². The van der Waals surface area contributed by atoms with Gasteiger partial charge in [0.05, 0.1) is 5.56 Å². The van der Waals surface area contributed by atoms with Crippen molar-refractivity contribution in [3.8, 4) is 0 Å². The number of carboxylic acid groups (broad SMARTS) is 1. The summed E-state index contributed by atoms with van der Waals surface area (Å²) in [5.41, 5.74) is 12.8. The van der Waals surface area contributed by atoms with E-state index in [9.17, 15) is 9.59 Å². The first-order valence-electron chi connectivity index (χ1n) is 7.22. The highest BCUT2D eigenvalue weighted by molar-refractivity contribution is 5.92. The molecule has 1 aromatic carbocycles. The van der Waals surface area contributed by atoms with Crippen LogP contribution in [0, 0.1) is 0 Å². The van der Waals surface area contributed by atoms with E-state index in [4.69, 9.17) is 16.6 Å². The molecule has 0 radical (unpaired) electrons. The van der Waals surface area contributed by atoms with Crippen molar-refractivity contribution in [2.75, 3.05) is 0 Å². The van der Waals surface area contributed by atoms with Crippen LogP contribution in [0.2, 0.25) is 0 Å². The van der Waals surface area contributed by atoms with Crippen LogP contribution < -0.4 is 11.5 Å². The number of nitrogens with zero attached hydrogens (tertiary/aromatic N) is 1. The largest absolute Gasteiger partial charge is 0.480 e. The number of carbonyl (C=O) groups is 2. The molecule has 0 saturated carbocycles. The van der Waals surface area contributed by atoms with Crippen LogP contribution in [-0.4, -0.2) is 33.0 Å². The van der Waals surface area contributed by atoms with Crippen molar-refractivity contribution < 1.29 is 14.7 Å². The van der Waals surface area contributed by atoms with Crippen molar-refractivity contribution in [2.45, 2.75) is 12.5 Å². The van der Waals surface area contributed by atoms with E-state index in [0.717, 1.165) is 16.5 Å². The molecule has 0 bridgehead atoms. The molecule has 1 atom stereocenters. The second-order valence-electron chi connectivity index (χ2n) is 5.11. The number of H-pyrrole nitrogens is 1. The van der Waals surface area contributed by atoms with Crippen LogP contribution in [0.15, 0.2) is 55.0 Å². The van der Waals surface area contributed by atoms with Crippen LogP contribution in [0.3, 0.4) is 0 Å². The topological polar surface area (TPSA) is 135 Å². The number of primary amides is 1. The van der Waals surface area contributed by atoms with Gasteiger partial charge in [-0.25, -0.2) is 0 Å². The highest BCUT2D eigenvalue weighted by atomic mass is 16.4. The van der Waals surface area contributed by atoms with Gasteiger partial charge in [-0.2, -0.15) is 0 Å². The van der Waals surface area contributed by atoms with Gasteiger partial charge in [-0.3, -0.25) is 14.6 Å². The minimum Gasteiger partial charge on any atom is -0.480 e. The van der Waals surface area contributed by atoms with Gasteiger partial charge >= 0.3 is 5.97 Å². The molecule has 3 aromatic rings. The fraction of sp³-hybridized carbons (Fsp3) is 0.118. The van der Waals surface area contributed by atoms with Crippen molar-refractivity contribution in [3.63, 3.8) is 0 Å². The Balaban J connectivity index is 0.000000198. The molecule has 0 spiro atoms. The maximum absolute atomic E-state index is 10.6. The third-order valence-corrected chi connectivity index (χ3v) is 3.38. The Morgan fingerprint density at radius 1 is 1.21 bits per heavy atom. The highest BCUT2D eigenvalue weighted by Crippen LogP contribution is 2.18. The number of fused-ring (bicyclic) bond motifs is 1. The minimum atomic E-state index is -0.972. The Bertz CT molecular complexity index is 830. The molecule has 124 valence electrons. The molecular weight excluding hydrogens is 308 g/mol. The van der Waals surface area contributed by atoms with E-state index in [1.54, 1.807) is 18.3 Å². The van der Waals surface area contributed by atoms with Crippen LogP contribution in [0.4, 0.5) is 0 Å². The Morgan fingerprint density at radius 3 is 2.54 bits per heavy atom. The fourth-order valence-corrected chi connectivity index (χ4v) is 2.13. The van der Waals surface area contributed by atoms with Gasteiger partial charge in [0.1, 0.15) is 6.04 Å². The Morgan fingerprint density at radius 2 is 1.96 bits per heavy atom. The molecule has 0 fully saturated rings. The van der Waals surface area contributed by atoms with Gasteiger partial charge in [0.2, 0.25) is 5.91 Å². The van der Waals surface area contributed by atoms with Crippen molar-refractivity contribution >= 4 is 22.8 Å². The number of para-hydroxylation sites is 1. The second-order valence-corrected chi connectivity index (χ2v) is 5.11. The molecule has 0 unspecified atom stereocenters. The lowest BCUT2D eigenvalue weighted by Gasteiger charge is -2.04. The number of benzene rings is 1. The summed E-state index contributed by atoms with van der Waals surface area (Å²) < 4.78 is 0. The van der Waals surface area contributed by atoms with E-state index in [2.05, 4.69) is 9.97 Å². The summed E-state index contributed by atoms with van der Waals surface area (Å²) in [4.78, 5) is 27.8. The third-order valence-electron chi connectivity index (χ3n) is 3.38. The maximum Gasteiger partial charge on any atom is 0.320 e. The number of aromatic amines is 1. The first kappa shape index (κ1) is 17.2. The van der Waals surface area contributed by atoms with Gasteiger partial charge in [-0.15, -0.1) is 0 Å². The van der Waals surface area contributed by atoms with Crippen LogP contribution in [0.25, 0.3) is 10.9 Å². The lowest BCUT2D eigenvalue weighted by atomic mass is 10.1. The molecular formula is C17H18N4O3. The summed E-state index contributed by atoms with van der Waals surface area (Å²) >= 11 is 0. The average molecular weight is 326 g/mol. The summed E-state index contributed by atoms with van der Waals surface area (Å²) in [5, 5.41) is 9.75. The van der Waals surface area contributed by atoms with Gasteiger partial charge in [0, 0.05) is 35.9 Å². The molecule has 24 heavy (non-hydrogen) atoms. The van der Waals surface area contributed by atoms with E-state index in [1.807, 2.05) is 30.5 Å². The minimum absolute atomic E-state index is 0.347. The molecule has 1 amide bonds. The summed E-state index contributed by atoms with van der Waals surface area (Å²) in [6, 6.07) is 10.2. The number of aromatic nitrogens is 2. The molecule has 7 heteroatoms. The zero-order chi connectivity index (χ0) is 17.5. The molecule has 2 heterocycles. The standard InChI is InChI=1S/C11H12N2O2.C6H6N2O/c12-9(11(14)15)5-7-6-13-10-4-2-1-3-8(7)10;7-6(9)5-2-1-3-8-4-5/h1-4,6,9,13H,5,12H2,(H,14,15);1-4H,(H2,7,9)/t9-;/m0./s1. The van der Waals surface area contributed by atoms with Gasteiger partial charge in [0.25, 0.3) is 0 Å². The zero-order valence-corrected chi connectivity index (χ0v) is 12.8. The first-order chi connectivity index (χ1) is 11.5. The van der Waals surface area contributed by atoms with Crippen molar-refractivity contribution in [2.24, 2.45) is 11.5 Å². The van der Waals surface area contributed by atoms with Crippen molar-refractivity contribution in [1.82, 2.24) is 9.97 Å². The molecule has 6 N–H and O–H groups in total. The number of amides is 1. The van der Waals surface area contributed by atoms with Crippen LogP contribution in [0.1, 0.15) is 15.9 Å². The number of rotatable bonds is 4. The molecule has 0 aliphatic carbocycles. The molecule has 2 aromatic heterocycles. The van der Waals surface area contributed by atoms with E-state index in [0.29, 0.717) is 12.0 Å². The molecule has 3 rings (SSSR count). The Labute approximate surface area is 138 Å². The van der Waals surface area contributed by atoms with Crippen LogP contribution in [-0.2, 0) is 11.2 Å². The smallest absolute Gasteiger partial charge is 0.320 e. The number of carbonyl (C=O) groups excluding carboxylic acids is 1. The van der Waals surface area contributed by atoms with Crippen molar-refractivity contribution in [3.05, 3.63) is 66.1 Å². The van der Waals surface area contributed by atoms with Crippen LogP contribution >= 0.6 is 0 Å². The molecule has 0 aliphatic heterocycles. The summed E-state index contributed by atoms with van der Waals surface area (Å²) in [5.74, 6) is -1.41. The number of hydrogen-bond donors (Lipinski definition) is 4. The van der Waals surface area contributed by atoms with E-state index in [1.165, 1.54) is 6.20 Å². The van der Waals surface area contributed by atoms with Gasteiger partial charge in [-0.05, 0) is 23.8 Å². The number of aliphatic carboxylic acids is 1. The maximum atomic E-state index is 10.6. The zero-order valence-electron chi connectivity index (χ0n) is 12.8. The van der Waals surface area contributed by atoms with E-state index < -0.39 is 17.9 Å². The first-order valence-corrected chi connectivity index (χ1v) is 7.22. The van der Waals surface area contributed by atoms with Gasteiger partial charge in [-0.1, -0.05) is 18.2 Å². The SMILES string of the molecule is NC(=O)c1cccnc1.N[C@@H](Cc1c[nH]c2ccccc12)C(=O)O. The summed E-state index contributed by atoms with van der Waals surface area (Å²) in [6.45, 7) is 0. The summed E-state index contributed by atoms with van der Waals surface area (Å²) in [6.07, 6.45) is 5.18. The molecule has 0 aliphatic rings. The number of pyridine rings is 1. The number of hydrogen-bond acceptors (Lipinski definition) is 4. The Hall–Kier alpha value is -3.19. The van der Waals surface area contributed by atoms with Crippen LogP contribution in [0.5, 0.6) is 0 Å². The second kappa shape index (κ2) is 7.89. The molecule has 0 saturated heterocycles. The fourth-order valence-electron chi connectivity index (χ4n) is 2.13. The van der Waals surface area contributed by atoms with Gasteiger partial charge < -0.3 is 21.6 Å². The third kappa shape index (κ3) is 4.40. The highest BCUT2D eigenvalue weighted by Gasteiger charge is 2.14. The average Bonchev–Trinajstić information content (AvgIpc) is 2.99. The number of nitrogens with one attached hydrogen (secondary N) is 1. The lowest BCUT2D eigenvalue weighted by Crippen LogP contribution is -2.32. The number of nitrogens with two attached hydrogens (primary N) is 2. The monoisotopic (exact) mass is 326 g/mol. The Kier molecular flexibility index (Phi) is 5.64. The lowest BCUT2D eigenvalue weighted by molar-refractivity contribution is -0.138. The summed E-state index contributed by atoms with van der Waals surface area (Å²) in [7, 11) is 0. The molecule has 7 nitrogen and oxygen atoms in total. The van der Waals surface area contributed by atoms with Gasteiger partial charge in [0.15, 0.2) is 0 Å². The number of carboxylic acids is 1. The normalized spacial score (nSPS) is 11.4. The van der Waals surface area contributed by atoms with E-state index in [-0.39, 0.29) is 0 Å². The predicted octanol–water partition coefficient (Wildman–Crippen LogP) is 1.30.